The van der Waals surface area contributed by atoms with Gasteiger partial charge in [-0.3, -0.25) is 0 Å². The number of hydrogen-bond acceptors (Lipinski definition) is 1. The Bertz CT molecular complexity index is 611. The standard InChI is InChI=1S/C16H15Cl2F2N/c1-10(15-8-12(17)2-3-16(15)18)21-5-4-11-6-13(19)9-14(20)7-11/h2-3,6-10,21H,4-5H2,1H3. The Morgan fingerprint density at radius 1 is 1.05 bits per heavy atom. The van der Waals surface area contributed by atoms with Crippen LogP contribution in [0.1, 0.15) is 24.1 Å². The molecule has 1 N–H and O–H groups in total. The third-order valence-electron chi connectivity index (χ3n) is 3.21. The van der Waals surface area contributed by atoms with Gasteiger partial charge >= 0.3 is 0 Å². The van der Waals surface area contributed by atoms with E-state index < -0.39 is 11.6 Å². The van der Waals surface area contributed by atoms with Crippen molar-refractivity contribution >= 4 is 23.2 Å². The van der Waals surface area contributed by atoms with E-state index in [0.717, 1.165) is 11.6 Å². The average Bonchev–Trinajstić information content (AvgIpc) is 2.40. The van der Waals surface area contributed by atoms with E-state index in [2.05, 4.69) is 5.32 Å². The highest BCUT2D eigenvalue weighted by molar-refractivity contribution is 6.33. The first-order valence-corrected chi connectivity index (χ1v) is 7.34. The zero-order valence-electron chi connectivity index (χ0n) is 11.5. The average molecular weight is 330 g/mol. The van der Waals surface area contributed by atoms with Crippen molar-refractivity contribution in [3.8, 4) is 0 Å². The van der Waals surface area contributed by atoms with Crippen LogP contribution in [0.4, 0.5) is 8.78 Å². The fraction of sp³-hybridized carbons (Fsp3) is 0.250. The van der Waals surface area contributed by atoms with Crippen molar-refractivity contribution in [2.45, 2.75) is 19.4 Å². The van der Waals surface area contributed by atoms with Gasteiger partial charge in [-0.15, -0.1) is 0 Å². The van der Waals surface area contributed by atoms with Gasteiger partial charge in [-0.2, -0.15) is 0 Å². The number of rotatable bonds is 5. The van der Waals surface area contributed by atoms with Crippen molar-refractivity contribution in [2.24, 2.45) is 0 Å². The van der Waals surface area contributed by atoms with Gasteiger partial charge in [-0.05, 0) is 61.3 Å². The Morgan fingerprint density at radius 3 is 2.38 bits per heavy atom. The molecule has 0 fully saturated rings. The highest BCUT2D eigenvalue weighted by Gasteiger charge is 2.10. The fourth-order valence-electron chi connectivity index (χ4n) is 2.14. The second-order valence-corrected chi connectivity index (χ2v) is 5.71. The van der Waals surface area contributed by atoms with Gasteiger partial charge in [0.15, 0.2) is 0 Å². The van der Waals surface area contributed by atoms with Crippen LogP contribution in [0.2, 0.25) is 10.0 Å². The molecule has 0 amide bonds. The molecule has 0 aliphatic carbocycles. The molecular weight excluding hydrogens is 315 g/mol. The van der Waals surface area contributed by atoms with Crippen molar-refractivity contribution in [1.82, 2.24) is 5.32 Å². The van der Waals surface area contributed by atoms with E-state index in [0.29, 0.717) is 28.6 Å². The SMILES string of the molecule is CC(NCCc1cc(F)cc(F)c1)c1cc(Cl)ccc1Cl. The molecule has 2 aromatic rings. The summed E-state index contributed by atoms with van der Waals surface area (Å²) < 4.78 is 26.2. The van der Waals surface area contributed by atoms with Crippen molar-refractivity contribution in [1.29, 1.82) is 0 Å². The van der Waals surface area contributed by atoms with E-state index >= 15 is 0 Å². The topological polar surface area (TPSA) is 12.0 Å². The first-order valence-electron chi connectivity index (χ1n) is 6.59. The molecule has 0 aliphatic rings. The Labute approximate surface area is 132 Å². The minimum atomic E-state index is -0.559. The van der Waals surface area contributed by atoms with Gasteiger partial charge in [-0.1, -0.05) is 23.2 Å². The lowest BCUT2D eigenvalue weighted by atomic mass is 10.1. The molecule has 2 rings (SSSR count). The highest BCUT2D eigenvalue weighted by Crippen LogP contribution is 2.26. The Kier molecular flexibility index (Phi) is 5.57. The summed E-state index contributed by atoms with van der Waals surface area (Å²) >= 11 is 12.1. The smallest absolute Gasteiger partial charge is 0.126 e. The number of halogens is 4. The maximum absolute atomic E-state index is 13.1. The summed E-state index contributed by atoms with van der Waals surface area (Å²) in [4.78, 5) is 0. The maximum atomic E-state index is 13.1. The molecule has 0 aromatic heterocycles. The molecule has 21 heavy (non-hydrogen) atoms. The van der Waals surface area contributed by atoms with E-state index in [9.17, 15) is 8.78 Å². The van der Waals surface area contributed by atoms with Gasteiger partial charge in [0.2, 0.25) is 0 Å². The second kappa shape index (κ2) is 7.21. The highest BCUT2D eigenvalue weighted by atomic mass is 35.5. The molecule has 0 aliphatic heterocycles. The fourth-order valence-corrected chi connectivity index (χ4v) is 2.61. The van der Waals surface area contributed by atoms with Crippen molar-refractivity contribution in [3.63, 3.8) is 0 Å². The minimum Gasteiger partial charge on any atom is -0.310 e. The maximum Gasteiger partial charge on any atom is 0.126 e. The van der Waals surface area contributed by atoms with Crippen LogP contribution in [-0.2, 0) is 6.42 Å². The zero-order valence-corrected chi connectivity index (χ0v) is 13.0. The number of nitrogens with one attached hydrogen (secondary N) is 1. The summed E-state index contributed by atoms with van der Waals surface area (Å²) in [7, 11) is 0. The van der Waals surface area contributed by atoms with Crippen LogP contribution in [0.15, 0.2) is 36.4 Å². The zero-order chi connectivity index (χ0) is 15.4. The van der Waals surface area contributed by atoms with Crippen molar-refractivity contribution in [2.75, 3.05) is 6.54 Å². The lowest BCUT2D eigenvalue weighted by molar-refractivity contribution is 0.563. The second-order valence-electron chi connectivity index (χ2n) is 4.87. The molecular formula is C16H15Cl2F2N. The van der Waals surface area contributed by atoms with Crippen LogP contribution in [0, 0.1) is 11.6 Å². The number of hydrogen-bond donors (Lipinski definition) is 1. The van der Waals surface area contributed by atoms with Gasteiger partial charge in [-0.25, -0.2) is 8.78 Å². The first-order chi connectivity index (χ1) is 9.95. The van der Waals surface area contributed by atoms with E-state index in [1.165, 1.54) is 12.1 Å². The first kappa shape index (κ1) is 16.2. The molecule has 0 saturated carbocycles. The predicted molar refractivity (Wildman–Crippen MR) is 82.9 cm³/mol. The lowest BCUT2D eigenvalue weighted by Gasteiger charge is -2.16. The van der Waals surface area contributed by atoms with E-state index in [1.807, 2.05) is 13.0 Å². The Balaban J connectivity index is 1.95. The van der Waals surface area contributed by atoms with Crippen LogP contribution in [0.3, 0.4) is 0 Å². The summed E-state index contributed by atoms with van der Waals surface area (Å²) in [5, 5.41) is 4.52. The molecule has 0 bridgehead atoms. The third-order valence-corrected chi connectivity index (χ3v) is 3.79. The normalized spacial score (nSPS) is 12.4. The molecule has 5 heteroatoms. The largest absolute Gasteiger partial charge is 0.310 e. The summed E-state index contributed by atoms with van der Waals surface area (Å²) in [6.07, 6.45) is 0.525. The molecule has 0 saturated heterocycles. The minimum absolute atomic E-state index is 0.00499. The molecule has 1 nitrogen and oxygen atoms in total. The third kappa shape index (κ3) is 4.67. The number of benzene rings is 2. The summed E-state index contributed by atoms with van der Waals surface area (Å²) in [6.45, 7) is 2.54. The van der Waals surface area contributed by atoms with E-state index in [4.69, 9.17) is 23.2 Å². The van der Waals surface area contributed by atoms with Crippen molar-refractivity contribution in [3.05, 3.63) is 69.2 Å². The molecule has 112 valence electrons. The van der Waals surface area contributed by atoms with E-state index in [-0.39, 0.29) is 6.04 Å². The molecule has 0 radical (unpaired) electrons. The van der Waals surface area contributed by atoms with Crippen molar-refractivity contribution < 1.29 is 8.78 Å². The molecule has 0 spiro atoms. The van der Waals surface area contributed by atoms with Gasteiger partial charge in [0.25, 0.3) is 0 Å². The van der Waals surface area contributed by atoms with Gasteiger partial charge in [0, 0.05) is 22.2 Å². The molecule has 2 aromatic carbocycles. The predicted octanol–water partition coefficient (Wildman–Crippen LogP) is 5.16. The monoisotopic (exact) mass is 329 g/mol. The molecule has 1 unspecified atom stereocenters. The quantitative estimate of drug-likeness (QED) is 0.798. The van der Waals surface area contributed by atoms with Gasteiger partial charge < -0.3 is 5.32 Å². The molecule has 0 heterocycles. The van der Waals surface area contributed by atoms with Crippen LogP contribution >= 0.6 is 23.2 Å². The van der Waals surface area contributed by atoms with Gasteiger partial charge in [0.05, 0.1) is 0 Å². The Hall–Kier alpha value is -1.16. The van der Waals surface area contributed by atoms with Gasteiger partial charge in [0.1, 0.15) is 11.6 Å². The van der Waals surface area contributed by atoms with Crippen LogP contribution in [0.25, 0.3) is 0 Å². The molecule has 1 atom stereocenters. The van der Waals surface area contributed by atoms with Crippen LogP contribution in [-0.4, -0.2) is 6.54 Å². The lowest BCUT2D eigenvalue weighted by Crippen LogP contribution is -2.21. The summed E-state index contributed by atoms with van der Waals surface area (Å²) in [5.74, 6) is -1.12. The Morgan fingerprint density at radius 2 is 1.71 bits per heavy atom. The summed E-state index contributed by atoms with van der Waals surface area (Å²) in [5.41, 5.74) is 1.51. The van der Waals surface area contributed by atoms with E-state index in [1.54, 1.807) is 12.1 Å². The van der Waals surface area contributed by atoms with Crippen LogP contribution in [0.5, 0.6) is 0 Å². The summed E-state index contributed by atoms with van der Waals surface area (Å²) in [6, 6.07) is 8.82. The van der Waals surface area contributed by atoms with Crippen LogP contribution < -0.4 is 5.32 Å².